The fraction of sp³-hybridized carbons (Fsp3) is 0.600. The van der Waals surface area contributed by atoms with Crippen LogP contribution >= 0.6 is 0 Å². The van der Waals surface area contributed by atoms with Gasteiger partial charge in [-0.1, -0.05) is 19.3 Å². The van der Waals surface area contributed by atoms with Crippen molar-refractivity contribution in [2.24, 2.45) is 11.7 Å². The van der Waals surface area contributed by atoms with Gasteiger partial charge >= 0.3 is 0 Å². The molecule has 1 saturated carbocycles. The molecule has 1 atom stereocenters. The quantitative estimate of drug-likeness (QED) is 0.910. The highest BCUT2D eigenvalue weighted by molar-refractivity contribution is 5.55. The van der Waals surface area contributed by atoms with Gasteiger partial charge in [-0.3, -0.25) is 0 Å². The molecule has 104 valence electrons. The highest BCUT2D eigenvalue weighted by Crippen LogP contribution is 2.44. The molecule has 4 heteroatoms. The molecule has 0 radical (unpaired) electrons. The summed E-state index contributed by atoms with van der Waals surface area (Å²) in [5, 5.41) is 0. The fourth-order valence-electron chi connectivity index (χ4n) is 3.11. The van der Waals surface area contributed by atoms with Crippen molar-refractivity contribution >= 4 is 0 Å². The molecule has 1 aliphatic carbocycles. The number of fused-ring (bicyclic) bond motifs is 1. The number of methoxy groups -OCH3 is 1. The number of rotatable bonds is 3. The van der Waals surface area contributed by atoms with Gasteiger partial charge in [-0.25, -0.2) is 0 Å². The first-order chi connectivity index (χ1) is 9.29. The summed E-state index contributed by atoms with van der Waals surface area (Å²) in [6.07, 6.45) is 6.36. The van der Waals surface area contributed by atoms with Crippen molar-refractivity contribution < 1.29 is 14.2 Å². The minimum atomic E-state index is 0.0590. The molecule has 0 saturated heterocycles. The molecule has 0 spiro atoms. The van der Waals surface area contributed by atoms with Crippen LogP contribution in [0.5, 0.6) is 17.2 Å². The van der Waals surface area contributed by atoms with Crippen LogP contribution in [0, 0.1) is 5.92 Å². The smallest absolute Gasteiger partial charge is 0.231 e. The van der Waals surface area contributed by atoms with Gasteiger partial charge in [0.15, 0.2) is 11.5 Å². The van der Waals surface area contributed by atoms with Gasteiger partial charge in [0.2, 0.25) is 12.5 Å². The van der Waals surface area contributed by atoms with E-state index in [0.29, 0.717) is 11.7 Å². The van der Waals surface area contributed by atoms with Crippen molar-refractivity contribution in [1.29, 1.82) is 0 Å². The Balaban J connectivity index is 1.87. The SMILES string of the molecule is COc1cc([C@@H](N)C2CCCCC2)cc2c1OCO2. The van der Waals surface area contributed by atoms with Gasteiger partial charge in [-0.05, 0) is 36.5 Å². The number of nitrogens with two attached hydrogens (primary N) is 1. The second-order valence-corrected chi connectivity index (χ2v) is 5.38. The summed E-state index contributed by atoms with van der Waals surface area (Å²) in [6, 6.07) is 4.06. The molecule has 1 aliphatic heterocycles. The maximum absolute atomic E-state index is 6.44. The monoisotopic (exact) mass is 263 g/mol. The van der Waals surface area contributed by atoms with E-state index in [1.807, 2.05) is 12.1 Å². The van der Waals surface area contributed by atoms with Crippen LogP contribution in [0.3, 0.4) is 0 Å². The lowest BCUT2D eigenvalue weighted by molar-refractivity contribution is 0.171. The second-order valence-electron chi connectivity index (χ2n) is 5.38. The first kappa shape index (κ1) is 12.6. The Morgan fingerprint density at radius 3 is 2.74 bits per heavy atom. The van der Waals surface area contributed by atoms with Gasteiger partial charge in [0.1, 0.15) is 0 Å². The lowest BCUT2D eigenvalue weighted by Crippen LogP contribution is -2.23. The van der Waals surface area contributed by atoms with Crippen molar-refractivity contribution in [3.05, 3.63) is 17.7 Å². The maximum atomic E-state index is 6.44. The topological polar surface area (TPSA) is 53.7 Å². The van der Waals surface area contributed by atoms with E-state index in [-0.39, 0.29) is 12.8 Å². The molecule has 3 rings (SSSR count). The molecule has 0 aromatic heterocycles. The molecule has 4 nitrogen and oxygen atoms in total. The number of benzene rings is 1. The molecule has 1 heterocycles. The van der Waals surface area contributed by atoms with Crippen LogP contribution in [0.2, 0.25) is 0 Å². The van der Waals surface area contributed by atoms with Crippen LogP contribution in [0.1, 0.15) is 43.7 Å². The van der Waals surface area contributed by atoms with E-state index in [0.717, 1.165) is 17.1 Å². The molecular weight excluding hydrogens is 242 g/mol. The molecule has 0 bridgehead atoms. The van der Waals surface area contributed by atoms with Crippen LogP contribution in [0.4, 0.5) is 0 Å². The van der Waals surface area contributed by atoms with Crippen molar-refractivity contribution in [1.82, 2.24) is 0 Å². The van der Waals surface area contributed by atoms with E-state index in [1.165, 1.54) is 32.1 Å². The van der Waals surface area contributed by atoms with E-state index >= 15 is 0 Å². The maximum Gasteiger partial charge on any atom is 0.231 e. The summed E-state index contributed by atoms with van der Waals surface area (Å²) in [5.41, 5.74) is 7.53. The van der Waals surface area contributed by atoms with Gasteiger partial charge in [0, 0.05) is 6.04 Å². The molecule has 2 N–H and O–H groups in total. The Morgan fingerprint density at radius 2 is 2.00 bits per heavy atom. The normalized spacial score (nSPS) is 20.3. The molecule has 1 aromatic carbocycles. The van der Waals surface area contributed by atoms with E-state index in [9.17, 15) is 0 Å². The summed E-state index contributed by atoms with van der Waals surface area (Å²) in [7, 11) is 1.65. The third-order valence-corrected chi connectivity index (χ3v) is 4.22. The molecule has 1 fully saturated rings. The molecule has 19 heavy (non-hydrogen) atoms. The van der Waals surface area contributed by atoms with Gasteiger partial charge in [0.25, 0.3) is 0 Å². The zero-order chi connectivity index (χ0) is 13.2. The average molecular weight is 263 g/mol. The van der Waals surface area contributed by atoms with Crippen molar-refractivity contribution in [3.8, 4) is 17.2 Å². The lowest BCUT2D eigenvalue weighted by Gasteiger charge is -2.28. The van der Waals surface area contributed by atoms with Gasteiger partial charge in [0.05, 0.1) is 7.11 Å². The van der Waals surface area contributed by atoms with Crippen LogP contribution in [0.25, 0.3) is 0 Å². The Morgan fingerprint density at radius 1 is 1.21 bits per heavy atom. The molecule has 0 amide bonds. The molecule has 0 unspecified atom stereocenters. The van der Waals surface area contributed by atoms with E-state index in [2.05, 4.69) is 0 Å². The number of hydrogen-bond donors (Lipinski definition) is 1. The van der Waals surface area contributed by atoms with Gasteiger partial charge in [-0.2, -0.15) is 0 Å². The molecule has 2 aliphatic rings. The summed E-state index contributed by atoms with van der Waals surface area (Å²) in [6.45, 7) is 0.258. The number of hydrogen-bond acceptors (Lipinski definition) is 4. The van der Waals surface area contributed by atoms with Crippen LogP contribution in [-0.2, 0) is 0 Å². The summed E-state index contributed by atoms with van der Waals surface area (Å²) >= 11 is 0. The molecular formula is C15H21NO3. The van der Waals surface area contributed by atoms with Crippen LogP contribution in [0.15, 0.2) is 12.1 Å². The Kier molecular flexibility index (Phi) is 3.51. The average Bonchev–Trinajstić information content (AvgIpc) is 2.94. The van der Waals surface area contributed by atoms with Crippen LogP contribution < -0.4 is 19.9 Å². The highest BCUT2D eigenvalue weighted by atomic mass is 16.7. The second kappa shape index (κ2) is 5.29. The zero-order valence-electron chi connectivity index (χ0n) is 11.4. The van der Waals surface area contributed by atoms with Crippen molar-refractivity contribution in [2.45, 2.75) is 38.1 Å². The van der Waals surface area contributed by atoms with Gasteiger partial charge in [-0.15, -0.1) is 0 Å². The van der Waals surface area contributed by atoms with E-state index in [4.69, 9.17) is 19.9 Å². The summed E-state index contributed by atoms with van der Waals surface area (Å²) in [5.74, 6) is 2.73. The van der Waals surface area contributed by atoms with Crippen molar-refractivity contribution in [2.75, 3.05) is 13.9 Å². The largest absolute Gasteiger partial charge is 0.493 e. The Hall–Kier alpha value is -1.42. The predicted molar refractivity (Wildman–Crippen MR) is 72.6 cm³/mol. The first-order valence-corrected chi connectivity index (χ1v) is 7.02. The third-order valence-electron chi connectivity index (χ3n) is 4.22. The lowest BCUT2D eigenvalue weighted by atomic mass is 9.81. The first-order valence-electron chi connectivity index (χ1n) is 7.02. The van der Waals surface area contributed by atoms with Crippen molar-refractivity contribution in [3.63, 3.8) is 0 Å². The molecule has 1 aromatic rings. The number of ether oxygens (including phenoxy) is 3. The third kappa shape index (κ3) is 2.37. The van der Waals surface area contributed by atoms with Crippen LogP contribution in [-0.4, -0.2) is 13.9 Å². The van der Waals surface area contributed by atoms with E-state index < -0.39 is 0 Å². The Bertz CT molecular complexity index is 455. The fourth-order valence-corrected chi connectivity index (χ4v) is 3.11. The standard InChI is InChI=1S/C15H21NO3/c1-17-12-7-11(8-13-15(12)19-9-18-13)14(16)10-5-3-2-4-6-10/h7-8,10,14H,2-6,9,16H2,1H3/t14-/m0/s1. The van der Waals surface area contributed by atoms with Gasteiger partial charge < -0.3 is 19.9 Å². The predicted octanol–water partition coefficient (Wildman–Crippen LogP) is 3.00. The minimum absolute atomic E-state index is 0.0590. The minimum Gasteiger partial charge on any atom is -0.493 e. The Labute approximate surface area is 113 Å². The zero-order valence-corrected chi connectivity index (χ0v) is 11.4. The summed E-state index contributed by atoms with van der Waals surface area (Å²) in [4.78, 5) is 0. The summed E-state index contributed by atoms with van der Waals surface area (Å²) < 4.78 is 16.2. The highest BCUT2D eigenvalue weighted by Gasteiger charge is 2.26. The van der Waals surface area contributed by atoms with E-state index in [1.54, 1.807) is 7.11 Å².